The molecule has 0 aliphatic carbocycles. The van der Waals surface area contributed by atoms with Crippen LogP contribution in [0.3, 0.4) is 0 Å². The minimum atomic E-state index is -0.507. The third-order valence-electron chi connectivity index (χ3n) is 8.57. The number of nitrogens with zero attached hydrogens (tertiary/aromatic N) is 3. The number of halogens is 1. The van der Waals surface area contributed by atoms with Crippen molar-refractivity contribution in [3.05, 3.63) is 101 Å². The van der Waals surface area contributed by atoms with E-state index in [0.717, 1.165) is 53.8 Å². The Hall–Kier alpha value is -4.94. The van der Waals surface area contributed by atoms with Crippen LogP contribution < -0.4 is 18.9 Å². The maximum Gasteiger partial charge on any atom is 0.165 e. The standard InChI is InChI=1S/C37H36FN3O5/c1-24-29(6-5-7-31(24)28-9-10-34-37(16-28)44-13-12-43-34)23-46-36-17-35(45-22-27-14-26(18-39)19-40-20-27)30(15-32(36)38)21-41-11-4-3-8-33(41)25(2)42/h5-7,9-10,14-17,19-20,33H,3-4,8,11-13,21-23H2,1-2H3/t33-/m0/s1. The zero-order valence-corrected chi connectivity index (χ0v) is 26.1. The normalized spacial score (nSPS) is 16.0. The minimum absolute atomic E-state index is 0.0635. The number of aromatic nitrogens is 1. The molecule has 1 atom stereocenters. The van der Waals surface area contributed by atoms with Gasteiger partial charge in [0.25, 0.3) is 0 Å². The van der Waals surface area contributed by atoms with Crippen LogP contribution in [-0.4, -0.2) is 41.5 Å². The number of fused-ring (bicyclic) bond motifs is 1. The van der Waals surface area contributed by atoms with E-state index >= 15 is 4.39 Å². The summed E-state index contributed by atoms with van der Waals surface area (Å²) in [5.74, 6) is 1.56. The van der Waals surface area contributed by atoms with Crippen molar-refractivity contribution < 1.29 is 28.1 Å². The molecule has 2 aliphatic rings. The number of benzene rings is 3. The van der Waals surface area contributed by atoms with E-state index in [1.807, 2.05) is 43.3 Å². The highest BCUT2D eigenvalue weighted by Gasteiger charge is 2.27. The van der Waals surface area contributed by atoms with Gasteiger partial charge in [0, 0.05) is 36.1 Å². The highest BCUT2D eigenvalue weighted by molar-refractivity contribution is 5.81. The molecule has 1 saturated heterocycles. The van der Waals surface area contributed by atoms with Gasteiger partial charge in [0.1, 0.15) is 44.0 Å². The molecule has 0 spiro atoms. The van der Waals surface area contributed by atoms with Crippen LogP contribution >= 0.6 is 0 Å². The topological polar surface area (TPSA) is 93.9 Å². The summed E-state index contributed by atoms with van der Waals surface area (Å²) in [4.78, 5) is 18.6. The van der Waals surface area contributed by atoms with Crippen molar-refractivity contribution in [2.45, 2.75) is 58.9 Å². The Morgan fingerprint density at radius 2 is 1.83 bits per heavy atom. The number of pyridine rings is 1. The summed E-state index contributed by atoms with van der Waals surface area (Å²) < 4.78 is 39.4. The number of likely N-dealkylation sites (tertiary alicyclic amines) is 1. The number of hydrogen-bond donors (Lipinski definition) is 0. The lowest BCUT2D eigenvalue weighted by Gasteiger charge is -2.34. The molecule has 0 amide bonds. The van der Waals surface area contributed by atoms with Crippen LogP contribution in [0.1, 0.15) is 54.0 Å². The molecule has 1 aromatic heterocycles. The largest absolute Gasteiger partial charge is 0.488 e. The molecule has 8 nitrogen and oxygen atoms in total. The van der Waals surface area contributed by atoms with E-state index in [0.29, 0.717) is 47.9 Å². The Labute approximate surface area is 268 Å². The number of ketones is 1. The van der Waals surface area contributed by atoms with Gasteiger partial charge in [-0.3, -0.25) is 14.7 Å². The molecule has 3 heterocycles. The average molecular weight is 622 g/mol. The molecule has 236 valence electrons. The van der Waals surface area contributed by atoms with E-state index in [1.54, 1.807) is 25.3 Å². The van der Waals surface area contributed by atoms with Crippen LogP contribution in [0.15, 0.2) is 67.0 Å². The third-order valence-corrected chi connectivity index (χ3v) is 8.57. The molecule has 0 saturated carbocycles. The quantitative estimate of drug-likeness (QED) is 0.188. The molecule has 6 rings (SSSR count). The lowest BCUT2D eigenvalue weighted by atomic mass is 9.96. The first-order valence-electron chi connectivity index (χ1n) is 15.5. The summed E-state index contributed by atoms with van der Waals surface area (Å²) in [6.07, 6.45) is 5.87. The Balaban J connectivity index is 1.25. The first kappa shape index (κ1) is 31.1. The zero-order valence-electron chi connectivity index (χ0n) is 26.1. The number of piperidine rings is 1. The van der Waals surface area contributed by atoms with Gasteiger partial charge >= 0.3 is 0 Å². The van der Waals surface area contributed by atoms with Gasteiger partial charge in [0.05, 0.1) is 11.6 Å². The number of nitriles is 1. The highest BCUT2D eigenvalue weighted by Crippen LogP contribution is 2.37. The van der Waals surface area contributed by atoms with Crippen LogP contribution in [-0.2, 0) is 24.6 Å². The molecule has 0 N–H and O–H groups in total. The minimum Gasteiger partial charge on any atom is -0.488 e. The SMILES string of the molecule is CC(=O)[C@@H]1CCCCN1Cc1cc(F)c(OCc2cccc(-c3ccc4c(c3)OCCO4)c2C)cc1OCc1cncc(C#N)c1. The maximum absolute atomic E-state index is 15.7. The van der Waals surface area contributed by atoms with Gasteiger partial charge in [-0.15, -0.1) is 0 Å². The number of hydrogen-bond acceptors (Lipinski definition) is 8. The number of rotatable bonds is 10. The van der Waals surface area contributed by atoms with Crippen LogP contribution in [0.2, 0.25) is 0 Å². The summed E-state index contributed by atoms with van der Waals surface area (Å²) in [6, 6.07) is 18.5. The summed E-state index contributed by atoms with van der Waals surface area (Å²) in [5.41, 5.74) is 5.70. The molecule has 1 fully saturated rings. The molecule has 0 radical (unpaired) electrons. The Kier molecular flexibility index (Phi) is 9.46. The molecular formula is C37H36FN3O5. The predicted octanol–water partition coefficient (Wildman–Crippen LogP) is 6.94. The maximum atomic E-state index is 15.7. The van der Waals surface area contributed by atoms with Crippen molar-refractivity contribution in [3.8, 4) is 40.2 Å². The average Bonchev–Trinajstić information content (AvgIpc) is 3.08. The molecule has 4 aromatic rings. The fraction of sp³-hybridized carbons (Fsp3) is 0.324. The summed E-state index contributed by atoms with van der Waals surface area (Å²) in [5, 5.41) is 9.28. The van der Waals surface area contributed by atoms with Crippen molar-refractivity contribution in [1.82, 2.24) is 9.88 Å². The molecule has 3 aromatic carbocycles. The molecule has 0 unspecified atom stereocenters. The Morgan fingerprint density at radius 3 is 2.65 bits per heavy atom. The van der Waals surface area contributed by atoms with Crippen LogP contribution in [0.5, 0.6) is 23.0 Å². The van der Waals surface area contributed by atoms with E-state index in [9.17, 15) is 10.1 Å². The van der Waals surface area contributed by atoms with Crippen LogP contribution in [0.4, 0.5) is 4.39 Å². The van der Waals surface area contributed by atoms with Gasteiger partial charge < -0.3 is 18.9 Å². The van der Waals surface area contributed by atoms with Crippen molar-refractivity contribution in [1.29, 1.82) is 5.26 Å². The molecule has 2 aliphatic heterocycles. The Bertz CT molecular complexity index is 1790. The summed E-state index contributed by atoms with van der Waals surface area (Å²) in [6.45, 7) is 6.06. The summed E-state index contributed by atoms with van der Waals surface area (Å²) >= 11 is 0. The lowest BCUT2D eigenvalue weighted by molar-refractivity contribution is -0.123. The van der Waals surface area contributed by atoms with E-state index in [2.05, 4.69) is 16.0 Å². The van der Waals surface area contributed by atoms with Crippen molar-refractivity contribution in [3.63, 3.8) is 0 Å². The predicted molar refractivity (Wildman–Crippen MR) is 170 cm³/mol. The second-order valence-corrected chi connectivity index (χ2v) is 11.7. The zero-order chi connectivity index (χ0) is 32.0. The van der Waals surface area contributed by atoms with Crippen molar-refractivity contribution in [2.75, 3.05) is 19.8 Å². The van der Waals surface area contributed by atoms with Gasteiger partial charge in [-0.1, -0.05) is 30.7 Å². The molecule has 46 heavy (non-hydrogen) atoms. The summed E-state index contributed by atoms with van der Waals surface area (Å²) in [7, 11) is 0. The smallest absolute Gasteiger partial charge is 0.165 e. The number of Topliss-reactive ketones (excluding diaryl/α,β-unsaturated/α-hetero) is 1. The second-order valence-electron chi connectivity index (χ2n) is 11.7. The van der Waals surface area contributed by atoms with E-state index in [-0.39, 0.29) is 30.8 Å². The van der Waals surface area contributed by atoms with E-state index < -0.39 is 5.82 Å². The van der Waals surface area contributed by atoms with Crippen LogP contribution in [0.25, 0.3) is 11.1 Å². The van der Waals surface area contributed by atoms with Crippen molar-refractivity contribution in [2.24, 2.45) is 0 Å². The molecular weight excluding hydrogens is 585 g/mol. The van der Waals surface area contributed by atoms with Gasteiger partial charge in [0.2, 0.25) is 0 Å². The lowest BCUT2D eigenvalue weighted by Crippen LogP contribution is -2.43. The van der Waals surface area contributed by atoms with Gasteiger partial charge in [-0.25, -0.2) is 4.39 Å². The van der Waals surface area contributed by atoms with Gasteiger partial charge in [-0.2, -0.15) is 5.26 Å². The Morgan fingerprint density at radius 1 is 1.00 bits per heavy atom. The fourth-order valence-electron chi connectivity index (χ4n) is 6.11. The highest BCUT2D eigenvalue weighted by atomic mass is 19.1. The monoisotopic (exact) mass is 621 g/mol. The third kappa shape index (κ3) is 6.98. The van der Waals surface area contributed by atoms with E-state index in [4.69, 9.17) is 18.9 Å². The second kappa shape index (κ2) is 14.0. The number of carbonyl (C=O) groups excluding carboxylic acids is 1. The van der Waals surface area contributed by atoms with Crippen LogP contribution in [0, 0.1) is 24.1 Å². The van der Waals surface area contributed by atoms with Gasteiger partial charge in [0.15, 0.2) is 23.1 Å². The first-order valence-corrected chi connectivity index (χ1v) is 15.5. The number of ether oxygens (including phenoxy) is 4. The fourth-order valence-corrected chi connectivity index (χ4v) is 6.11. The first-order chi connectivity index (χ1) is 22.4. The molecule has 0 bridgehead atoms. The van der Waals surface area contributed by atoms with E-state index in [1.165, 1.54) is 12.3 Å². The number of carbonyl (C=O) groups is 1. The van der Waals surface area contributed by atoms with Gasteiger partial charge in [-0.05, 0) is 79.8 Å². The molecule has 9 heteroatoms. The van der Waals surface area contributed by atoms with Crippen molar-refractivity contribution >= 4 is 5.78 Å².